The van der Waals surface area contributed by atoms with E-state index in [2.05, 4.69) is 18.6 Å². The summed E-state index contributed by atoms with van der Waals surface area (Å²) in [4.78, 5) is 0. The van der Waals surface area contributed by atoms with E-state index in [9.17, 15) is 0 Å². The Kier molecular flexibility index (Phi) is 7.85. The van der Waals surface area contributed by atoms with Crippen LogP contribution in [0.15, 0.2) is 12.2 Å². The Bertz CT molecular complexity index is 119. The Morgan fingerprint density at radius 3 is 1.79 bits per heavy atom. The molecule has 0 aromatic heterocycles. The highest BCUT2D eigenvalue weighted by atomic mass is 14.0. The summed E-state index contributed by atoms with van der Waals surface area (Å²) < 4.78 is 0. The summed E-state index contributed by atoms with van der Waals surface area (Å²) in [6, 6.07) is 0. The molecule has 0 atom stereocenters. The fourth-order valence-corrected chi connectivity index (χ4v) is 2.04. The van der Waals surface area contributed by atoms with Gasteiger partial charge >= 0.3 is 0 Å². The molecule has 1 rings (SSSR count). The molecule has 1 radical (unpaired) electrons. The summed E-state index contributed by atoms with van der Waals surface area (Å²) in [5.74, 6) is 0. The Labute approximate surface area is 89.8 Å². The lowest BCUT2D eigenvalue weighted by atomic mass is 10.0. The molecule has 81 valence electrons. The lowest BCUT2D eigenvalue weighted by Gasteiger charge is -2.02. The van der Waals surface area contributed by atoms with Crippen LogP contribution in [0.4, 0.5) is 0 Å². The molecule has 0 aromatic carbocycles. The van der Waals surface area contributed by atoms with Gasteiger partial charge in [-0.3, -0.25) is 0 Å². The van der Waals surface area contributed by atoms with E-state index < -0.39 is 0 Å². The van der Waals surface area contributed by atoms with Crippen molar-refractivity contribution in [1.29, 1.82) is 0 Å². The molecule has 0 amide bonds. The first-order valence-corrected chi connectivity index (χ1v) is 6.47. The number of hydrogen-bond acceptors (Lipinski definition) is 0. The first-order valence-electron chi connectivity index (χ1n) is 6.47. The average molecular weight is 193 g/mol. The molecular weight excluding hydrogens is 168 g/mol. The number of allylic oxidation sites excluding steroid dienone is 2. The van der Waals surface area contributed by atoms with E-state index in [1.165, 1.54) is 70.6 Å². The van der Waals surface area contributed by atoms with Gasteiger partial charge in [-0.2, -0.15) is 0 Å². The molecule has 0 aliphatic heterocycles. The average Bonchev–Trinajstić information content (AvgIpc) is 2.22. The van der Waals surface area contributed by atoms with E-state index in [0.717, 1.165) is 0 Å². The van der Waals surface area contributed by atoms with Gasteiger partial charge in [-0.1, -0.05) is 57.1 Å². The molecule has 0 saturated carbocycles. The first kappa shape index (κ1) is 11.8. The Morgan fingerprint density at radius 1 is 0.500 bits per heavy atom. The van der Waals surface area contributed by atoms with Crippen molar-refractivity contribution in [3.8, 4) is 0 Å². The third kappa shape index (κ3) is 7.17. The maximum absolute atomic E-state index is 2.43. The second kappa shape index (κ2) is 9.30. The summed E-state index contributed by atoms with van der Waals surface area (Å²) in [6.45, 7) is 0. The van der Waals surface area contributed by atoms with E-state index in [4.69, 9.17) is 0 Å². The Balaban J connectivity index is 2.09. The zero-order chi connectivity index (χ0) is 9.90. The summed E-state index contributed by atoms with van der Waals surface area (Å²) in [7, 11) is 0. The minimum absolute atomic E-state index is 1.19. The van der Waals surface area contributed by atoms with E-state index in [0.29, 0.717) is 0 Å². The molecule has 0 heterocycles. The predicted molar refractivity (Wildman–Crippen MR) is 64.2 cm³/mol. The van der Waals surface area contributed by atoms with Gasteiger partial charge < -0.3 is 0 Å². The van der Waals surface area contributed by atoms with Crippen molar-refractivity contribution in [2.75, 3.05) is 0 Å². The highest BCUT2D eigenvalue weighted by molar-refractivity contribution is 4.86. The van der Waals surface area contributed by atoms with Crippen LogP contribution in [0.25, 0.3) is 0 Å². The fraction of sp³-hybridized carbons (Fsp3) is 0.786. The highest BCUT2D eigenvalue weighted by Gasteiger charge is 1.93. The lowest BCUT2D eigenvalue weighted by molar-refractivity contribution is 0.566. The summed E-state index contributed by atoms with van der Waals surface area (Å²) in [5, 5.41) is 0. The normalized spacial score (nSPS) is 22.9. The van der Waals surface area contributed by atoms with Gasteiger partial charge in [-0.05, 0) is 32.1 Å². The maximum Gasteiger partial charge on any atom is -0.0319 e. The van der Waals surface area contributed by atoms with Crippen molar-refractivity contribution in [2.24, 2.45) is 0 Å². The molecule has 0 bridgehead atoms. The van der Waals surface area contributed by atoms with Crippen LogP contribution in [0.5, 0.6) is 0 Å². The monoisotopic (exact) mass is 193 g/mol. The molecule has 14 heavy (non-hydrogen) atoms. The second-order valence-electron chi connectivity index (χ2n) is 4.40. The topological polar surface area (TPSA) is 0 Å². The minimum Gasteiger partial charge on any atom is -0.0885 e. The van der Waals surface area contributed by atoms with Crippen molar-refractivity contribution < 1.29 is 0 Å². The molecule has 0 fully saturated rings. The van der Waals surface area contributed by atoms with Gasteiger partial charge in [0.15, 0.2) is 0 Å². The van der Waals surface area contributed by atoms with Crippen LogP contribution in [0.3, 0.4) is 0 Å². The van der Waals surface area contributed by atoms with E-state index >= 15 is 0 Å². The third-order valence-corrected chi connectivity index (χ3v) is 3.00. The summed E-state index contributed by atoms with van der Waals surface area (Å²) >= 11 is 0. The maximum atomic E-state index is 2.43. The van der Waals surface area contributed by atoms with Crippen molar-refractivity contribution in [3.05, 3.63) is 18.6 Å². The zero-order valence-corrected chi connectivity index (χ0v) is 9.51. The molecule has 0 heteroatoms. The third-order valence-electron chi connectivity index (χ3n) is 3.00. The molecule has 0 N–H and O–H groups in total. The van der Waals surface area contributed by atoms with Gasteiger partial charge in [0.05, 0.1) is 0 Å². The lowest BCUT2D eigenvalue weighted by Crippen LogP contribution is -1.83. The molecule has 1 aliphatic rings. The Morgan fingerprint density at radius 2 is 1.07 bits per heavy atom. The standard InChI is InChI=1S/C14H25/c1-2-4-6-8-10-12-14-13-11-9-7-5-3-1/h1-2,5H,3-4,6-14H2. The van der Waals surface area contributed by atoms with Gasteiger partial charge in [0, 0.05) is 0 Å². The summed E-state index contributed by atoms with van der Waals surface area (Å²) in [5.41, 5.74) is 0. The van der Waals surface area contributed by atoms with Gasteiger partial charge in [-0.15, -0.1) is 0 Å². The summed E-state index contributed by atoms with van der Waals surface area (Å²) in [6.07, 6.45) is 22.5. The molecule has 0 unspecified atom stereocenters. The second-order valence-corrected chi connectivity index (χ2v) is 4.40. The Hall–Kier alpha value is -0.260. The fourth-order valence-electron chi connectivity index (χ4n) is 2.04. The van der Waals surface area contributed by atoms with Crippen molar-refractivity contribution in [2.45, 2.75) is 70.6 Å². The van der Waals surface area contributed by atoms with E-state index in [1.807, 2.05) is 0 Å². The molecule has 0 nitrogen and oxygen atoms in total. The number of hydrogen-bond donors (Lipinski definition) is 0. The first-order chi connectivity index (χ1) is 7.00. The van der Waals surface area contributed by atoms with Crippen LogP contribution in [0.1, 0.15) is 70.6 Å². The van der Waals surface area contributed by atoms with Gasteiger partial charge in [0.25, 0.3) is 0 Å². The van der Waals surface area contributed by atoms with Crippen molar-refractivity contribution >= 4 is 0 Å². The minimum atomic E-state index is 1.19. The van der Waals surface area contributed by atoms with Gasteiger partial charge in [-0.25, -0.2) is 0 Å². The van der Waals surface area contributed by atoms with Crippen LogP contribution in [-0.4, -0.2) is 0 Å². The van der Waals surface area contributed by atoms with Gasteiger partial charge in [0.1, 0.15) is 0 Å². The number of rotatable bonds is 0. The SMILES string of the molecule is [CH]1CC=CCCCCCCCCCC1. The van der Waals surface area contributed by atoms with E-state index in [1.54, 1.807) is 0 Å². The van der Waals surface area contributed by atoms with Crippen LogP contribution < -0.4 is 0 Å². The van der Waals surface area contributed by atoms with Crippen LogP contribution >= 0.6 is 0 Å². The van der Waals surface area contributed by atoms with Crippen LogP contribution in [0, 0.1) is 6.42 Å². The van der Waals surface area contributed by atoms with E-state index in [-0.39, 0.29) is 0 Å². The smallest absolute Gasteiger partial charge is 0.0319 e. The van der Waals surface area contributed by atoms with Crippen molar-refractivity contribution in [3.63, 3.8) is 0 Å². The van der Waals surface area contributed by atoms with Crippen molar-refractivity contribution in [1.82, 2.24) is 0 Å². The van der Waals surface area contributed by atoms with Crippen LogP contribution in [0.2, 0.25) is 0 Å². The molecule has 1 aliphatic carbocycles. The quantitative estimate of drug-likeness (QED) is 0.472. The highest BCUT2D eigenvalue weighted by Crippen LogP contribution is 2.13. The molecule has 0 saturated heterocycles. The van der Waals surface area contributed by atoms with Crippen LogP contribution in [-0.2, 0) is 0 Å². The largest absolute Gasteiger partial charge is 0.0885 e. The molecule has 0 aromatic rings. The molecule has 0 spiro atoms. The van der Waals surface area contributed by atoms with Gasteiger partial charge in [0.2, 0.25) is 0 Å². The molecular formula is C14H25. The predicted octanol–water partition coefficient (Wildman–Crippen LogP) is 5.05. The zero-order valence-electron chi connectivity index (χ0n) is 9.51.